The summed E-state index contributed by atoms with van der Waals surface area (Å²) in [6.45, 7) is 9.57. The molecule has 244 valence electrons. The van der Waals surface area contributed by atoms with Crippen LogP contribution in [0.5, 0.6) is 0 Å². The van der Waals surface area contributed by atoms with Crippen molar-refractivity contribution in [3.05, 3.63) is 186 Å². The van der Waals surface area contributed by atoms with Gasteiger partial charge in [0.05, 0.1) is 5.69 Å². The Balaban J connectivity index is 1.25. The van der Waals surface area contributed by atoms with E-state index in [1.54, 1.807) is 0 Å². The molecule has 1 nitrogen and oxygen atoms in total. The largest absolute Gasteiger partial charge is 0.310 e. The zero-order chi connectivity index (χ0) is 34.5. The van der Waals surface area contributed by atoms with Crippen LogP contribution in [0, 0.1) is 0 Å². The molecule has 0 amide bonds. The Kier molecular flexibility index (Phi) is 6.34. The standard InChI is InChI=1S/C50H39N/c1-49(2)42-21-11-10-19-39(42)40-29-27-37(31-44(40)49)51(36-17-6-5-7-18-36)45-23-13-20-41-47-38(35-25-24-32-14-8-9-15-34(32)30-35)28-26-33-16-12-22-43(46(33)47)50(3,4)48(41)45/h5-31H,1-4H3. The number of para-hydroxylation sites is 1. The van der Waals surface area contributed by atoms with E-state index < -0.39 is 0 Å². The minimum Gasteiger partial charge on any atom is -0.310 e. The zero-order valence-corrected chi connectivity index (χ0v) is 29.5. The maximum Gasteiger partial charge on any atom is 0.0508 e. The SMILES string of the molecule is CC1(C)c2ccccc2-c2ccc(N(c3ccccc3)c3cccc4c3C(C)(C)c3cccc5ccc(-c6ccc7ccccc7c6)c-4c35)cc21. The third-order valence-corrected chi connectivity index (χ3v) is 11.8. The minimum atomic E-state index is -0.264. The minimum absolute atomic E-state index is 0.0942. The van der Waals surface area contributed by atoms with Crippen molar-refractivity contribution in [3.63, 3.8) is 0 Å². The van der Waals surface area contributed by atoms with E-state index in [0.717, 1.165) is 5.69 Å². The molecular formula is C50H39N. The fourth-order valence-electron chi connectivity index (χ4n) is 9.34. The smallest absolute Gasteiger partial charge is 0.0508 e. The highest BCUT2D eigenvalue weighted by Crippen LogP contribution is 2.57. The van der Waals surface area contributed by atoms with Gasteiger partial charge in [-0.1, -0.05) is 155 Å². The quantitative estimate of drug-likeness (QED) is 0.183. The van der Waals surface area contributed by atoms with Gasteiger partial charge in [-0.25, -0.2) is 0 Å². The van der Waals surface area contributed by atoms with Crippen LogP contribution < -0.4 is 4.90 Å². The summed E-state index contributed by atoms with van der Waals surface area (Å²) in [6, 6.07) is 61.1. The lowest BCUT2D eigenvalue weighted by Crippen LogP contribution is -2.27. The molecule has 0 heterocycles. The van der Waals surface area contributed by atoms with Gasteiger partial charge in [-0.3, -0.25) is 0 Å². The normalized spacial score (nSPS) is 14.6. The molecule has 0 bridgehead atoms. The Hall–Kier alpha value is -5.92. The van der Waals surface area contributed by atoms with Gasteiger partial charge < -0.3 is 4.90 Å². The monoisotopic (exact) mass is 653 g/mol. The molecule has 0 unspecified atom stereocenters. The van der Waals surface area contributed by atoms with Crippen LogP contribution in [-0.4, -0.2) is 0 Å². The van der Waals surface area contributed by atoms with Crippen molar-refractivity contribution in [3.8, 4) is 33.4 Å². The Labute approximate surface area is 300 Å². The van der Waals surface area contributed by atoms with E-state index >= 15 is 0 Å². The second-order valence-electron chi connectivity index (χ2n) is 15.3. The highest BCUT2D eigenvalue weighted by molar-refractivity contribution is 6.11. The van der Waals surface area contributed by atoms with Crippen molar-refractivity contribution in [2.24, 2.45) is 0 Å². The molecule has 0 spiro atoms. The van der Waals surface area contributed by atoms with Gasteiger partial charge in [0.15, 0.2) is 0 Å². The summed E-state index contributed by atoms with van der Waals surface area (Å²) in [5.74, 6) is 0. The maximum atomic E-state index is 2.50. The average Bonchev–Trinajstić information content (AvgIpc) is 3.39. The van der Waals surface area contributed by atoms with Crippen LogP contribution in [0.3, 0.4) is 0 Å². The van der Waals surface area contributed by atoms with Crippen molar-refractivity contribution in [1.29, 1.82) is 0 Å². The molecule has 8 aromatic rings. The molecule has 0 aliphatic heterocycles. The van der Waals surface area contributed by atoms with Crippen LogP contribution in [0.2, 0.25) is 0 Å². The van der Waals surface area contributed by atoms with Crippen LogP contribution in [0.25, 0.3) is 54.9 Å². The van der Waals surface area contributed by atoms with Crippen molar-refractivity contribution in [1.82, 2.24) is 0 Å². The average molecular weight is 654 g/mol. The van der Waals surface area contributed by atoms with E-state index in [1.165, 1.54) is 88.6 Å². The summed E-state index contributed by atoms with van der Waals surface area (Å²) in [6.07, 6.45) is 0. The summed E-state index contributed by atoms with van der Waals surface area (Å²) in [7, 11) is 0. The lowest BCUT2D eigenvalue weighted by molar-refractivity contribution is 0.645. The first-order valence-corrected chi connectivity index (χ1v) is 18.1. The lowest BCUT2D eigenvalue weighted by Gasteiger charge is -2.40. The van der Waals surface area contributed by atoms with E-state index in [1.807, 2.05) is 0 Å². The molecule has 1 heteroatoms. The number of fused-ring (bicyclic) bond motifs is 6. The van der Waals surface area contributed by atoms with Gasteiger partial charge in [-0.15, -0.1) is 0 Å². The van der Waals surface area contributed by atoms with Crippen LogP contribution in [0.4, 0.5) is 17.1 Å². The molecule has 2 aliphatic carbocycles. The topological polar surface area (TPSA) is 3.24 Å². The number of anilines is 3. The molecule has 0 N–H and O–H groups in total. The third-order valence-electron chi connectivity index (χ3n) is 11.8. The van der Waals surface area contributed by atoms with Gasteiger partial charge in [0.2, 0.25) is 0 Å². The van der Waals surface area contributed by atoms with Crippen LogP contribution in [0.15, 0.2) is 164 Å². The highest BCUT2D eigenvalue weighted by Gasteiger charge is 2.39. The summed E-state index contributed by atoms with van der Waals surface area (Å²) in [5.41, 5.74) is 16.5. The van der Waals surface area contributed by atoms with E-state index in [-0.39, 0.29) is 10.8 Å². The molecular weight excluding hydrogens is 615 g/mol. The van der Waals surface area contributed by atoms with Gasteiger partial charge >= 0.3 is 0 Å². The molecule has 51 heavy (non-hydrogen) atoms. The van der Waals surface area contributed by atoms with Crippen molar-refractivity contribution in [2.75, 3.05) is 4.90 Å². The number of hydrogen-bond acceptors (Lipinski definition) is 1. The Bertz CT molecular complexity index is 2690. The second-order valence-corrected chi connectivity index (χ2v) is 15.3. The molecule has 0 saturated heterocycles. The van der Waals surface area contributed by atoms with E-state index in [0.29, 0.717) is 0 Å². The highest BCUT2D eigenvalue weighted by atomic mass is 15.1. The maximum absolute atomic E-state index is 2.50. The first-order valence-electron chi connectivity index (χ1n) is 18.1. The van der Waals surface area contributed by atoms with Gasteiger partial charge in [0.1, 0.15) is 0 Å². The van der Waals surface area contributed by atoms with Crippen molar-refractivity contribution >= 4 is 38.6 Å². The number of rotatable bonds is 4. The number of nitrogens with zero attached hydrogens (tertiary/aromatic N) is 1. The van der Waals surface area contributed by atoms with Crippen LogP contribution >= 0.6 is 0 Å². The van der Waals surface area contributed by atoms with Gasteiger partial charge in [0.25, 0.3) is 0 Å². The Morgan fingerprint density at radius 1 is 0.392 bits per heavy atom. The lowest BCUT2D eigenvalue weighted by atomic mass is 9.66. The van der Waals surface area contributed by atoms with Gasteiger partial charge in [-0.2, -0.15) is 0 Å². The first kappa shape index (κ1) is 29.9. The van der Waals surface area contributed by atoms with Crippen LogP contribution in [-0.2, 0) is 10.8 Å². The predicted molar refractivity (Wildman–Crippen MR) is 217 cm³/mol. The molecule has 0 radical (unpaired) electrons. The van der Waals surface area contributed by atoms with Crippen LogP contribution in [0.1, 0.15) is 49.9 Å². The Morgan fingerprint density at radius 2 is 1.04 bits per heavy atom. The molecule has 8 aromatic carbocycles. The summed E-state index contributed by atoms with van der Waals surface area (Å²) in [4.78, 5) is 2.50. The van der Waals surface area contributed by atoms with E-state index in [9.17, 15) is 0 Å². The number of benzene rings is 8. The van der Waals surface area contributed by atoms with E-state index in [4.69, 9.17) is 0 Å². The molecule has 0 atom stereocenters. The number of hydrogen-bond donors (Lipinski definition) is 0. The zero-order valence-electron chi connectivity index (χ0n) is 29.5. The molecule has 0 aromatic heterocycles. The fraction of sp³-hybridized carbons (Fsp3) is 0.120. The molecule has 0 fully saturated rings. The fourth-order valence-corrected chi connectivity index (χ4v) is 9.34. The summed E-state index contributed by atoms with van der Waals surface area (Å²) >= 11 is 0. The predicted octanol–water partition coefficient (Wildman–Crippen LogP) is 13.7. The summed E-state index contributed by atoms with van der Waals surface area (Å²) in [5, 5.41) is 5.18. The molecule has 10 rings (SSSR count). The van der Waals surface area contributed by atoms with Crippen molar-refractivity contribution in [2.45, 2.75) is 38.5 Å². The summed E-state index contributed by atoms with van der Waals surface area (Å²) < 4.78 is 0. The van der Waals surface area contributed by atoms with Gasteiger partial charge in [-0.05, 0) is 114 Å². The van der Waals surface area contributed by atoms with Crippen molar-refractivity contribution < 1.29 is 0 Å². The van der Waals surface area contributed by atoms with E-state index in [2.05, 4.69) is 196 Å². The molecule has 0 saturated carbocycles. The van der Waals surface area contributed by atoms with Gasteiger partial charge in [0, 0.05) is 22.2 Å². The molecule has 2 aliphatic rings. The Morgan fingerprint density at radius 3 is 1.90 bits per heavy atom. The second kappa shape index (κ2) is 10.8. The first-order chi connectivity index (χ1) is 24.8. The third kappa shape index (κ3) is 4.28.